The minimum atomic E-state index is -0.472. The quantitative estimate of drug-likeness (QED) is 0.177. The molecule has 2 aliphatic carbocycles. The van der Waals surface area contributed by atoms with Gasteiger partial charge in [-0.05, 0) is 86.0 Å². The molecule has 3 heterocycles. The predicted molar refractivity (Wildman–Crippen MR) is 258 cm³/mol. The van der Waals surface area contributed by atoms with E-state index in [-0.39, 0.29) is 0 Å². The molecule has 292 valence electrons. The highest BCUT2D eigenvalue weighted by Gasteiger charge is 2.52. The second kappa shape index (κ2) is 13.0. The molecular formula is C58H33N3OS. The Kier molecular flexibility index (Phi) is 7.16. The predicted octanol–water partition coefficient (Wildman–Crippen LogP) is 15.2. The maximum absolute atomic E-state index is 6.69. The van der Waals surface area contributed by atoms with E-state index < -0.39 is 5.41 Å². The first-order valence-corrected chi connectivity index (χ1v) is 22.2. The van der Waals surface area contributed by atoms with E-state index in [1.165, 1.54) is 64.9 Å². The van der Waals surface area contributed by atoms with Crippen molar-refractivity contribution in [2.75, 3.05) is 0 Å². The minimum Gasteiger partial charge on any atom is -0.456 e. The molecular weight excluding hydrogens is 787 g/mol. The lowest BCUT2D eigenvalue weighted by Gasteiger charge is -2.32. The summed E-state index contributed by atoms with van der Waals surface area (Å²) in [7, 11) is 0. The van der Waals surface area contributed by atoms with Gasteiger partial charge >= 0.3 is 0 Å². The van der Waals surface area contributed by atoms with Crippen LogP contribution >= 0.6 is 11.3 Å². The summed E-state index contributed by atoms with van der Waals surface area (Å²) < 4.78 is 9.13. The lowest BCUT2D eigenvalue weighted by Crippen LogP contribution is -2.26. The minimum absolute atomic E-state index is 0.472. The Morgan fingerprint density at radius 2 is 0.889 bits per heavy atom. The van der Waals surface area contributed by atoms with Crippen LogP contribution in [0.5, 0.6) is 0 Å². The molecule has 0 atom stereocenters. The maximum atomic E-state index is 6.69. The third-order valence-corrected chi connectivity index (χ3v) is 14.5. The highest BCUT2D eigenvalue weighted by Crippen LogP contribution is 2.64. The van der Waals surface area contributed by atoms with Crippen molar-refractivity contribution in [1.29, 1.82) is 0 Å². The van der Waals surface area contributed by atoms with Gasteiger partial charge in [0, 0.05) is 47.6 Å². The summed E-state index contributed by atoms with van der Waals surface area (Å²) in [6.45, 7) is 0. The second-order valence-corrected chi connectivity index (χ2v) is 17.6. The topological polar surface area (TPSA) is 51.8 Å². The van der Waals surface area contributed by atoms with Crippen LogP contribution in [-0.2, 0) is 5.41 Å². The Bertz CT molecular complexity index is 3820. The molecule has 5 heteroatoms. The van der Waals surface area contributed by atoms with Gasteiger partial charge in [0.1, 0.15) is 11.2 Å². The standard InChI is InChI=1S/C58H33N3OS/c1-2-15-34(16-3-1)55-59-56(61-57(60-55)43-24-14-30-51-53(43)41-20-7-11-29-50(41)63-51)42-23-13-28-49-52(42)44-33-35(31-32-48(44)62-49)36-21-12-22-40-39-19-6-10-27-47(39)58(54(36)40)45-25-8-4-17-37(45)38-18-5-9-26-46(38)58/h1-33H. The molecule has 0 fully saturated rings. The van der Waals surface area contributed by atoms with Crippen LogP contribution in [0.25, 0.3) is 110 Å². The van der Waals surface area contributed by atoms with E-state index in [4.69, 9.17) is 19.4 Å². The smallest absolute Gasteiger partial charge is 0.164 e. The van der Waals surface area contributed by atoms with Crippen LogP contribution in [0.1, 0.15) is 22.3 Å². The van der Waals surface area contributed by atoms with Crippen LogP contribution in [0.15, 0.2) is 205 Å². The van der Waals surface area contributed by atoms with Gasteiger partial charge in [-0.2, -0.15) is 0 Å². The molecule has 2 aliphatic rings. The molecule has 1 spiro atoms. The normalized spacial score (nSPS) is 13.2. The first-order valence-electron chi connectivity index (χ1n) is 21.3. The van der Waals surface area contributed by atoms with Crippen LogP contribution in [0.2, 0.25) is 0 Å². The highest BCUT2D eigenvalue weighted by atomic mass is 32.1. The van der Waals surface area contributed by atoms with Crippen molar-refractivity contribution in [3.05, 3.63) is 222 Å². The first-order chi connectivity index (χ1) is 31.2. The molecule has 9 aromatic carbocycles. The van der Waals surface area contributed by atoms with Gasteiger partial charge in [0.25, 0.3) is 0 Å². The highest BCUT2D eigenvalue weighted by molar-refractivity contribution is 7.25. The Hall–Kier alpha value is -7.99. The van der Waals surface area contributed by atoms with E-state index in [1.54, 1.807) is 11.3 Å². The summed E-state index contributed by atoms with van der Waals surface area (Å²) in [5.74, 6) is 1.86. The van der Waals surface area contributed by atoms with Crippen molar-refractivity contribution in [1.82, 2.24) is 15.0 Å². The van der Waals surface area contributed by atoms with E-state index in [9.17, 15) is 0 Å². The molecule has 0 saturated heterocycles. The summed E-state index contributed by atoms with van der Waals surface area (Å²) in [6, 6.07) is 71.9. The molecule has 0 aliphatic heterocycles. The summed E-state index contributed by atoms with van der Waals surface area (Å²) in [6.07, 6.45) is 0. The Balaban J connectivity index is 1.01. The number of nitrogens with zero attached hydrogens (tertiary/aromatic N) is 3. The van der Waals surface area contributed by atoms with E-state index >= 15 is 0 Å². The summed E-state index contributed by atoms with van der Waals surface area (Å²) in [4.78, 5) is 15.8. The average molecular weight is 820 g/mol. The lowest BCUT2D eigenvalue weighted by atomic mass is 9.68. The van der Waals surface area contributed by atoms with Gasteiger partial charge in [0.15, 0.2) is 17.5 Å². The van der Waals surface area contributed by atoms with Crippen molar-refractivity contribution in [2.45, 2.75) is 5.41 Å². The van der Waals surface area contributed by atoms with E-state index in [0.717, 1.165) is 49.6 Å². The third-order valence-electron chi connectivity index (χ3n) is 13.4. The molecule has 3 aromatic heterocycles. The monoisotopic (exact) mass is 819 g/mol. The fraction of sp³-hybridized carbons (Fsp3) is 0.0172. The summed E-state index contributed by atoms with van der Waals surface area (Å²) in [5.41, 5.74) is 16.7. The Labute approximate surface area is 366 Å². The SMILES string of the molecule is c1ccc(-c2nc(-c3cccc4oc5ccc(-c6cccc7c6C6(c8ccccc8-c8ccccc86)c6ccccc6-7)cc5c34)nc(-c3cccc4sc5ccccc5c34)n2)cc1. The second-order valence-electron chi connectivity index (χ2n) is 16.6. The van der Waals surface area contributed by atoms with Gasteiger partial charge < -0.3 is 4.42 Å². The number of hydrogen-bond acceptors (Lipinski definition) is 5. The van der Waals surface area contributed by atoms with Crippen molar-refractivity contribution < 1.29 is 4.42 Å². The molecule has 12 aromatic rings. The molecule has 63 heavy (non-hydrogen) atoms. The van der Waals surface area contributed by atoms with Gasteiger partial charge in [0.2, 0.25) is 0 Å². The van der Waals surface area contributed by atoms with Crippen LogP contribution in [0.4, 0.5) is 0 Å². The summed E-state index contributed by atoms with van der Waals surface area (Å²) >= 11 is 1.80. The van der Waals surface area contributed by atoms with E-state index in [0.29, 0.717) is 17.5 Å². The maximum Gasteiger partial charge on any atom is 0.164 e. The van der Waals surface area contributed by atoms with Crippen LogP contribution < -0.4 is 0 Å². The van der Waals surface area contributed by atoms with Crippen LogP contribution in [0.3, 0.4) is 0 Å². The average Bonchev–Trinajstić information content (AvgIpc) is 4.09. The lowest BCUT2D eigenvalue weighted by molar-refractivity contribution is 0.669. The van der Waals surface area contributed by atoms with Gasteiger partial charge in [-0.15, -0.1) is 11.3 Å². The molecule has 0 saturated carbocycles. The molecule has 0 amide bonds. The largest absolute Gasteiger partial charge is 0.456 e. The molecule has 4 nitrogen and oxygen atoms in total. The van der Waals surface area contributed by atoms with Crippen molar-refractivity contribution >= 4 is 53.4 Å². The Morgan fingerprint density at radius 3 is 1.63 bits per heavy atom. The van der Waals surface area contributed by atoms with Gasteiger partial charge in [0.05, 0.1) is 5.41 Å². The van der Waals surface area contributed by atoms with E-state index in [1.807, 2.05) is 24.3 Å². The molecule has 0 unspecified atom stereocenters. The van der Waals surface area contributed by atoms with Crippen LogP contribution in [0, 0.1) is 0 Å². The van der Waals surface area contributed by atoms with Crippen molar-refractivity contribution in [2.24, 2.45) is 0 Å². The number of rotatable bonds is 4. The Morgan fingerprint density at radius 1 is 0.349 bits per heavy atom. The number of hydrogen-bond donors (Lipinski definition) is 0. The number of aromatic nitrogens is 3. The van der Waals surface area contributed by atoms with Gasteiger partial charge in [-0.1, -0.05) is 170 Å². The van der Waals surface area contributed by atoms with E-state index in [2.05, 4.69) is 176 Å². The van der Waals surface area contributed by atoms with Crippen molar-refractivity contribution in [3.8, 4) is 67.5 Å². The summed E-state index contributed by atoms with van der Waals surface area (Å²) in [5, 5.41) is 4.36. The number of furan rings is 1. The fourth-order valence-corrected chi connectivity index (χ4v) is 12.0. The molecule has 0 N–H and O–H groups in total. The number of fused-ring (bicyclic) bond motifs is 16. The van der Waals surface area contributed by atoms with Gasteiger partial charge in [-0.25, -0.2) is 15.0 Å². The molecule has 0 radical (unpaired) electrons. The third kappa shape index (κ3) is 4.77. The first kappa shape index (κ1) is 34.7. The van der Waals surface area contributed by atoms with Gasteiger partial charge in [-0.3, -0.25) is 0 Å². The fourth-order valence-electron chi connectivity index (χ4n) is 10.9. The molecule has 0 bridgehead atoms. The molecule has 14 rings (SSSR count). The number of benzene rings is 9. The van der Waals surface area contributed by atoms with Crippen molar-refractivity contribution in [3.63, 3.8) is 0 Å². The zero-order chi connectivity index (χ0) is 41.2. The zero-order valence-corrected chi connectivity index (χ0v) is 34.5. The van der Waals surface area contributed by atoms with Crippen LogP contribution in [-0.4, -0.2) is 15.0 Å². The number of thiophene rings is 1. The zero-order valence-electron chi connectivity index (χ0n) is 33.7.